The number of urea groups is 1. The van der Waals surface area contributed by atoms with Gasteiger partial charge in [0.1, 0.15) is 0 Å². The minimum Gasteiger partial charge on any atom is -0.488 e. The lowest BCUT2D eigenvalue weighted by molar-refractivity contribution is 0.0725. The van der Waals surface area contributed by atoms with Gasteiger partial charge in [-0.2, -0.15) is 0 Å². The second kappa shape index (κ2) is 12.5. The molecule has 2 fully saturated rings. The first-order chi connectivity index (χ1) is 19.1. The molecule has 0 atom stereocenters. The Morgan fingerprint density at radius 2 is 1.59 bits per heavy atom. The summed E-state index contributed by atoms with van der Waals surface area (Å²) in [4.78, 5) is 39.6. The molecule has 0 bridgehead atoms. The van der Waals surface area contributed by atoms with Gasteiger partial charge in [-0.1, -0.05) is 18.2 Å². The van der Waals surface area contributed by atoms with Crippen LogP contribution in [0.2, 0.25) is 0 Å². The number of carbonyl (C=O) groups is 2. The molecule has 2 aromatic carbocycles. The van der Waals surface area contributed by atoms with Crippen molar-refractivity contribution in [3.8, 4) is 17.1 Å². The zero-order valence-electron chi connectivity index (χ0n) is 22.0. The number of anilines is 3. The highest BCUT2D eigenvalue weighted by atomic mass is 16.5. The van der Waals surface area contributed by atoms with Crippen molar-refractivity contribution in [2.45, 2.75) is 6.92 Å². The molecule has 0 radical (unpaired) electrons. The second-order valence-electron chi connectivity index (χ2n) is 9.15. The molecule has 204 valence electrons. The van der Waals surface area contributed by atoms with Gasteiger partial charge in [-0.05, 0) is 43.3 Å². The zero-order valence-corrected chi connectivity index (χ0v) is 22.0. The number of rotatable bonds is 7. The van der Waals surface area contributed by atoms with Gasteiger partial charge in [0.15, 0.2) is 23.1 Å². The van der Waals surface area contributed by atoms with E-state index in [1.165, 1.54) is 0 Å². The number of hydrogen-bond acceptors (Lipinski definition) is 8. The van der Waals surface area contributed by atoms with Gasteiger partial charge in [0, 0.05) is 56.2 Å². The fourth-order valence-corrected chi connectivity index (χ4v) is 4.51. The Balaban J connectivity index is 1.45. The first kappa shape index (κ1) is 26.4. The number of aromatic nitrogens is 2. The van der Waals surface area contributed by atoms with Crippen molar-refractivity contribution in [3.05, 3.63) is 60.3 Å². The van der Waals surface area contributed by atoms with Crippen LogP contribution in [-0.4, -0.2) is 85.9 Å². The Bertz CT molecular complexity index is 1280. The Labute approximate surface area is 227 Å². The van der Waals surface area contributed by atoms with E-state index in [2.05, 4.69) is 20.9 Å². The first-order valence-corrected chi connectivity index (χ1v) is 13.2. The van der Waals surface area contributed by atoms with Crippen molar-refractivity contribution in [3.63, 3.8) is 0 Å². The summed E-state index contributed by atoms with van der Waals surface area (Å²) >= 11 is 0. The van der Waals surface area contributed by atoms with Crippen molar-refractivity contribution in [1.29, 1.82) is 0 Å². The maximum Gasteiger partial charge on any atom is 0.323 e. The number of nitrogens with zero attached hydrogens (tertiary/aromatic N) is 4. The smallest absolute Gasteiger partial charge is 0.323 e. The molecule has 3 N–H and O–H groups in total. The number of nitrogens with one attached hydrogen (secondary N) is 3. The third-order valence-corrected chi connectivity index (χ3v) is 6.49. The van der Waals surface area contributed by atoms with Crippen LogP contribution in [-0.2, 0) is 4.74 Å². The lowest BCUT2D eigenvalue weighted by atomic mass is 10.1. The predicted octanol–water partition coefficient (Wildman–Crippen LogP) is 3.07. The van der Waals surface area contributed by atoms with Crippen LogP contribution >= 0.6 is 0 Å². The molecule has 0 unspecified atom stereocenters. The fraction of sp³-hybridized carbons (Fsp3) is 0.357. The third-order valence-electron chi connectivity index (χ3n) is 6.49. The van der Waals surface area contributed by atoms with Gasteiger partial charge in [-0.3, -0.25) is 4.79 Å². The summed E-state index contributed by atoms with van der Waals surface area (Å²) in [5, 5.41) is 8.91. The number of hydrogen-bond donors (Lipinski definition) is 3. The van der Waals surface area contributed by atoms with E-state index in [4.69, 9.17) is 19.4 Å². The maximum atomic E-state index is 13.7. The van der Waals surface area contributed by atoms with E-state index in [0.29, 0.717) is 74.8 Å². The van der Waals surface area contributed by atoms with Crippen LogP contribution in [0.15, 0.2) is 54.6 Å². The lowest BCUT2D eigenvalue weighted by Gasteiger charge is -2.31. The zero-order chi connectivity index (χ0) is 27.0. The van der Waals surface area contributed by atoms with Gasteiger partial charge in [0.2, 0.25) is 0 Å². The van der Waals surface area contributed by atoms with E-state index in [1.807, 2.05) is 49.4 Å². The largest absolute Gasteiger partial charge is 0.488 e. The van der Waals surface area contributed by atoms with E-state index >= 15 is 0 Å². The number of morpholine rings is 1. The van der Waals surface area contributed by atoms with Crippen LogP contribution in [0.1, 0.15) is 17.4 Å². The molecule has 11 nitrogen and oxygen atoms in total. The summed E-state index contributed by atoms with van der Waals surface area (Å²) in [5.74, 6) is 1.24. The molecular weight excluding hydrogens is 498 g/mol. The van der Waals surface area contributed by atoms with Gasteiger partial charge in [0.25, 0.3) is 5.91 Å². The molecule has 2 aliphatic rings. The Morgan fingerprint density at radius 1 is 0.923 bits per heavy atom. The quantitative estimate of drug-likeness (QED) is 0.426. The van der Waals surface area contributed by atoms with Crippen LogP contribution in [0.25, 0.3) is 11.4 Å². The third kappa shape index (κ3) is 6.44. The molecule has 0 spiro atoms. The molecule has 3 aromatic rings. The number of amides is 3. The first-order valence-electron chi connectivity index (χ1n) is 13.2. The van der Waals surface area contributed by atoms with Crippen LogP contribution in [0, 0.1) is 0 Å². The summed E-state index contributed by atoms with van der Waals surface area (Å²) in [6, 6.07) is 16.1. The Morgan fingerprint density at radius 3 is 2.26 bits per heavy atom. The highest BCUT2D eigenvalue weighted by Gasteiger charge is 2.29. The van der Waals surface area contributed by atoms with Gasteiger partial charge in [0.05, 0.1) is 19.8 Å². The van der Waals surface area contributed by atoms with Crippen LogP contribution in [0.3, 0.4) is 0 Å². The maximum absolute atomic E-state index is 13.7. The van der Waals surface area contributed by atoms with Crippen molar-refractivity contribution >= 4 is 29.1 Å². The number of carbonyl (C=O) groups excluding carboxylic acids is 2. The van der Waals surface area contributed by atoms with Gasteiger partial charge in [-0.15, -0.1) is 0 Å². The average molecular weight is 532 g/mol. The van der Waals surface area contributed by atoms with E-state index in [-0.39, 0.29) is 17.6 Å². The minimum absolute atomic E-state index is 0.172. The number of piperazine rings is 1. The summed E-state index contributed by atoms with van der Waals surface area (Å²) in [5.41, 5.74) is 2.29. The van der Waals surface area contributed by atoms with Gasteiger partial charge >= 0.3 is 6.03 Å². The van der Waals surface area contributed by atoms with E-state index in [0.717, 1.165) is 18.7 Å². The summed E-state index contributed by atoms with van der Waals surface area (Å²) in [7, 11) is 0. The van der Waals surface area contributed by atoms with Crippen molar-refractivity contribution in [2.75, 3.05) is 74.6 Å². The lowest BCUT2D eigenvalue weighted by Crippen LogP contribution is -2.47. The number of benzene rings is 2. The Hall–Kier alpha value is -4.22. The molecule has 0 aliphatic carbocycles. The highest BCUT2D eigenvalue weighted by Crippen LogP contribution is 2.34. The molecule has 5 rings (SSSR count). The van der Waals surface area contributed by atoms with Crippen molar-refractivity contribution < 1.29 is 19.1 Å². The molecule has 39 heavy (non-hydrogen) atoms. The van der Waals surface area contributed by atoms with Crippen molar-refractivity contribution in [1.82, 2.24) is 20.2 Å². The van der Waals surface area contributed by atoms with Gasteiger partial charge < -0.3 is 35.2 Å². The summed E-state index contributed by atoms with van der Waals surface area (Å²) < 4.78 is 11.6. The summed E-state index contributed by atoms with van der Waals surface area (Å²) in [6.07, 6.45) is 0. The molecule has 11 heteroatoms. The average Bonchev–Trinajstić information content (AvgIpc) is 2.99. The predicted molar refractivity (Wildman–Crippen MR) is 150 cm³/mol. The molecule has 3 heterocycles. The van der Waals surface area contributed by atoms with Gasteiger partial charge in [-0.25, -0.2) is 14.8 Å². The SMILES string of the molecule is CCOc1c(C(=O)N2CCNCC2)nc(-c2ccc(NC(=O)Nc3ccccc3)cc2)nc1N1CCOCC1. The second-order valence-corrected chi connectivity index (χ2v) is 9.15. The molecule has 2 saturated heterocycles. The monoisotopic (exact) mass is 531 g/mol. The fourth-order valence-electron chi connectivity index (χ4n) is 4.51. The van der Waals surface area contributed by atoms with E-state index in [1.54, 1.807) is 17.0 Å². The number of para-hydroxylation sites is 1. The number of ether oxygens (including phenoxy) is 2. The van der Waals surface area contributed by atoms with E-state index < -0.39 is 0 Å². The Kier molecular flexibility index (Phi) is 8.49. The molecular formula is C28H33N7O4. The van der Waals surface area contributed by atoms with Crippen LogP contribution in [0.5, 0.6) is 5.75 Å². The van der Waals surface area contributed by atoms with Crippen molar-refractivity contribution in [2.24, 2.45) is 0 Å². The standard InChI is InChI=1S/C28H33N7O4/c1-2-39-24-23(27(36)35-14-12-29-13-15-35)32-25(33-26(24)34-16-18-38-19-17-34)20-8-10-22(11-9-20)31-28(37)30-21-6-4-3-5-7-21/h3-11,29H,2,12-19H2,1H3,(H2,30,31,37). The van der Waals surface area contributed by atoms with E-state index in [9.17, 15) is 9.59 Å². The summed E-state index contributed by atoms with van der Waals surface area (Å²) in [6.45, 7) is 7.34. The molecule has 0 saturated carbocycles. The highest BCUT2D eigenvalue weighted by molar-refractivity contribution is 6.00. The topological polar surface area (TPSA) is 121 Å². The molecule has 1 aromatic heterocycles. The van der Waals surface area contributed by atoms with Crippen LogP contribution < -0.4 is 25.6 Å². The molecule has 3 amide bonds. The normalized spacial score (nSPS) is 15.5. The molecule has 2 aliphatic heterocycles. The van der Waals surface area contributed by atoms with Crippen LogP contribution in [0.4, 0.5) is 22.0 Å². The minimum atomic E-state index is -0.343.